The number of hydrogen-bond acceptors (Lipinski definition) is 3. The van der Waals surface area contributed by atoms with Crippen LogP contribution in [0.15, 0.2) is 42.3 Å². The molecule has 4 nitrogen and oxygen atoms in total. The summed E-state index contributed by atoms with van der Waals surface area (Å²) in [5, 5.41) is 9.25. The van der Waals surface area contributed by atoms with E-state index in [1.165, 1.54) is 10.4 Å². The van der Waals surface area contributed by atoms with E-state index in [0.29, 0.717) is 11.1 Å². The molecule has 1 rings (SSSR count). The van der Waals surface area contributed by atoms with Gasteiger partial charge in [-0.15, -0.1) is 13.2 Å². The predicted octanol–water partition coefficient (Wildman–Crippen LogP) is 2.16. The second kappa shape index (κ2) is 6.83. The maximum absolute atomic E-state index is 12.7. The normalized spacial score (nSPS) is 11.6. The van der Waals surface area contributed by atoms with Crippen molar-refractivity contribution in [3.63, 3.8) is 0 Å². The molecule has 1 N–H and O–H groups in total. The van der Waals surface area contributed by atoms with Gasteiger partial charge < -0.3 is 5.11 Å². The fourth-order valence-corrected chi connectivity index (χ4v) is 3.69. The summed E-state index contributed by atoms with van der Waals surface area (Å²) in [4.78, 5) is 0.227. The second-order valence-electron chi connectivity index (χ2n) is 4.59. The molecule has 0 aliphatic heterocycles. The van der Waals surface area contributed by atoms with Crippen LogP contribution >= 0.6 is 0 Å². The van der Waals surface area contributed by atoms with E-state index in [0.717, 1.165) is 5.56 Å². The largest absolute Gasteiger partial charge is 0.392 e. The molecule has 0 aromatic heterocycles. The monoisotopic (exact) mass is 295 g/mol. The summed E-state index contributed by atoms with van der Waals surface area (Å²) in [6.45, 7) is 11.0. The summed E-state index contributed by atoms with van der Waals surface area (Å²) >= 11 is 0. The van der Waals surface area contributed by atoms with Crippen molar-refractivity contribution in [2.45, 2.75) is 25.3 Å². The van der Waals surface area contributed by atoms with Crippen LogP contribution in [0.4, 0.5) is 0 Å². The molecule has 0 saturated carbocycles. The highest BCUT2D eigenvalue weighted by molar-refractivity contribution is 7.89. The zero-order chi connectivity index (χ0) is 15.3. The highest BCUT2D eigenvalue weighted by Gasteiger charge is 2.25. The van der Waals surface area contributed by atoms with Crippen LogP contribution in [0.1, 0.15) is 16.7 Å². The van der Waals surface area contributed by atoms with E-state index in [-0.39, 0.29) is 24.6 Å². The Labute approximate surface area is 121 Å². The molecule has 0 saturated heterocycles. The molecular formula is C15H21NO3S. The molecule has 0 unspecified atom stereocenters. The van der Waals surface area contributed by atoms with Crippen LogP contribution in [-0.4, -0.2) is 30.9 Å². The molecule has 0 amide bonds. The van der Waals surface area contributed by atoms with E-state index < -0.39 is 10.0 Å². The highest BCUT2D eigenvalue weighted by Crippen LogP contribution is 2.24. The van der Waals surface area contributed by atoms with Crippen LogP contribution in [0.5, 0.6) is 0 Å². The Morgan fingerprint density at radius 2 is 1.75 bits per heavy atom. The number of aliphatic hydroxyl groups is 1. The van der Waals surface area contributed by atoms with Gasteiger partial charge in [-0.1, -0.05) is 18.2 Å². The Morgan fingerprint density at radius 3 is 2.20 bits per heavy atom. The van der Waals surface area contributed by atoms with Crippen LogP contribution in [0.2, 0.25) is 0 Å². The van der Waals surface area contributed by atoms with Gasteiger partial charge in [0.25, 0.3) is 0 Å². The zero-order valence-corrected chi connectivity index (χ0v) is 12.8. The molecule has 0 radical (unpaired) electrons. The lowest BCUT2D eigenvalue weighted by Gasteiger charge is -2.21. The first-order valence-electron chi connectivity index (χ1n) is 6.31. The van der Waals surface area contributed by atoms with Crippen molar-refractivity contribution < 1.29 is 13.5 Å². The van der Waals surface area contributed by atoms with E-state index in [9.17, 15) is 13.5 Å². The van der Waals surface area contributed by atoms with Crippen molar-refractivity contribution in [3.8, 4) is 0 Å². The standard InChI is InChI=1S/C15H21NO3S/c1-5-7-16(8-6-2)20(18,19)15-10-14(11-17)9-12(3)13(15)4/h5-6,9-10,17H,1-2,7-8,11H2,3-4H3. The Morgan fingerprint density at radius 1 is 1.20 bits per heavy atom. The predicted molar refractivity (Wildman–Crippen MR) is 81.0 cm³/mol. The van der Waals surface area contributed by atoms with Gasteiger partial charge in [-0.3, -0.25) is 0 Å². The smallest absolute Gasteiger partial charge is 0.243 e. The Hall–Kier alpha value is -1.43. The van der Waals surface area contributed by atoms with Crippen molar-refractivity contribution >= 4 is 10.0 Å². The van der Waals surface area contributed by atoms with E-state index in [1.807, 2.05) is 6.92 Å². The third-order valence-corrected chi connectivity index (χ3v) is 5.10. The first-order chi connectivity index (χ1) is 9.38. The first kappa shape index (κ1) is 16.6. The van der Waals surface area contributed by atoms with Crippen LogP contribution in [0.3, 0.4) is 0 Å². The molecule has 0 aliphatic carbocycles. The first-order valence-corrected chi connectivity index (χ1v) is 7.75. The van der Waals surface area contributed by atoms with Crippen molar-refractivity contribution in [3.05, 3.63) is 54.1 Å². The van der Waals surface area contributed by atoms with Crippen LogP contribution < -0.4 is 0 Å². The summed E-state index contributed by atoms with van der Waals surface area (Å²) in [5.41, 5.74) is 2.12. The van der Waals surface area contributed by atoms with Crippen molar-refractivity contribution in [1.29, 1.82) is 0 Å². The molecule has 0 fully saturated rings. The molecular weight excluding hydrogens is 274 g/mol. The van der Waals surface area contributed by atoms with Crippen molar-refractivity contribution in [2.75, 3.05) is 13.1 Å². The highest BCUT2D eigenvalue weighted by atomic mass is 32.2. The second-order valence-corrected chi connectivity index (χ2v) is 6.50. The molecule has 1 aromatic rings. The quantitative estimate of drug-likeness (QED) is 0.784. The van der Waals surface area contributed by atoms with E-state index in [2.05, 4.69) is 13.2 Å². The maximum atomic E-state index is 12.7. The van der Waals surface area contributed by atoms with Crippen LogP contribution in [-0.2, 0) is 16.6 Å². The number of aliphatic hydroxyl groups excluding tert-OH is 1. The van der Waals surface area contributed by atoms with Gasteiger partial charge in [-0.2, -0.15) is 4.31 Å². The van der Waals surface area contributed by atoms with Gasteiger partial charge in [0.2, 0.25) is 10.0 Å². The number of rotatable bonds is 7. The van der Waals surface area contributed by atoms with Gasteiger partial charge in [0.1, 0.15) is 0 Å². The van der Waals surface area contributed by atoms with Crippen molar-refractivity contribution in [1.82, 2.24) is 4.31 Å². The number of sulfonamides is 1. The SMILES string of the molecule is C=CCN(CC=C)S(=O)(=O)c1cc(CO)cc(C)c1C. The Bertz CT molecular complexity index is 596. The number of aryl methyl sites for hydroxylation is 1. The zero-order valence-electron chi connectivity index (χ0n) is 12.0. The van der Waals surface area contributed by atoms with E-state index in [1.54, 1.807) is 25.1 Å². The molecule has 0 spiro atoms. The fourth-order valence-electron chi connectivity index (χ4n) is 1.96. The summed E-state index contributed by atoms with van der Waals surface area (Å²) in [6.07, 6.45) is 3.08. The molecule has 20 heavy (non-hydrogen) atoms. The minimum atomic E-state index is -3.63. The maximum Gasteiger partial charge on any atom is 0.243 e. The molecule has 1 aromatic carbocycles. The average molecular weight is 295 g/mol. The third kappa shape index (κ3) is 3.36. The minimum Gasteiger partial charge on any atom is -0.392 e. The van der Waals surface area contributed by atoms with E-state index >= 15 is 0 Å². The van der Waals surface area contributed by atoms with Crippen LogP contribution in [0, 0.1) is 13.8 Å². The minimum absolute atomic E-state index is 0.188. The van der Waals surface area contributed by atoms with Gasteiger partial charge in [-0.05, 0) is 36.6 Å². The van der Waals surface area contributed by atoms with Crippen molar-refractivity contribution in [2.24, 2.45) is 0 Å². The Balaban J connectivity index is 3.43. The topological polar surface area (TPSA) is 57.6 Å². The molecule has 0 bridgehead atoms. The van der Waals surface area contributed by atoms with Gasteiger partial charge in [-0.25, -0.2) is 8.42 Å². The molecule has 0 aliphatic rings. The molecule has 0 heterocycles. The van der Waals surface area contributed by atoms with Gasteiger partial charge in [0.15, 0.2) is 0 Å². The van der Waals surface area contributed by atoms with Gasteiger partial charge >= 0.3 is 0 Å². The van der Waals surface area contributed by atoms with Gasteiger partial charge in [0, 0.05) is 13.1 Å². The number of benzene rings is 1. The Kier molecular flexibility index (Phi) is 5.68. The molecule has 5 heteroatoms. The number of nitrogens with zero attached hydrogens (tertiary/aromatic N) is 1. The van der Waals surface area contributed by atoms with Gasteiger partial charge in [0.05, 0.1) is 11.5 Å². The third-order valence-electron chi connectivity index (χ3n) is 3.15. The lowest BCUT2D eigenvalue weighted by atomic mass is 10.1. The molecule has 110 valence electrons. The number of hydrogen-bond donors (Lipinski definition) is 1. The van der Waals surface area contributed by atoms with E-state index in [4.69, 9.17) is 0 Å². The summed E-state index contributed by atoms with van der Waals surface area (Å²) in [6, 6.07) is 3.32. The summed E-state index contributed by atoms with van der Waals surface area (Å²) in [7, 11) is -3.63. The lowest BCUT2D eigenvalue weighted by molar-refractivity contribution is 0.281. The fraction of sp³-hybridized carbons (Fsp3) is 0.333. The summed E-state index contributed by atoms with van der Waals surface area (Å²) < 4.78 is 26.7. The van der Waals surface area contributed by atoms with Crippen LogP contribution in [0.25, 0.3) is 0 Å². The average Bonchev–Trinajstić information content (AvgIpc) is 2.41. The summed E-state index contributed by atoms with van der Waals surface area (Å²) in [5.74, 6) is 0. The molecule has 0 atom stereocenters. The lowest BCUT2D eigenvalue weighted by Crippen LogP contribution is -2.32.